The first kappa shape index (κ1) is 11.5. The van der Waals surface area contributed by atoms with Crippen LogP contribution in [0.25, 0.3) is 0 Å². The van der Waals surface area contributed by atoms with E-state index in [0.29, 0.717) is 12.0 Å². The van der Waals surface area contributed by atoms with Crippen molar-refractivity contribution in [2.24, 2.45) is 0 Å². The topological polar surface area (TPSA) is 26.1 Å². The molecule has 0 saturated carbocycles. The van der Waals surface area contributed by atoms with E-state index in [4.69, 9.17) is 0 Å². The molecule has 1 heterocycles. The number of hydrogen-bond donors (Lipinski definition) is 1. The van der Waals surface area contributed by atoms with E-state index in [0.717, 1.165) is 32.1 Å². The zero-order chi connectivity index (χ0) is 11.4. The maximum absolute atomic E-state index is 13.3. The maximum atomic E-state index is 13.3. The van der Waals surface area contributed by atoms with Crippen LogP contribution in [0.1, 0.15) is 12.0 Å². The molecule has 0 amide bonds. The summed E-state index contributed by atoms with van der Waals surface area (Å²) in [5.74, 6) is -0.978. The Morgan fingerprint density at radius 2 is 2.25 bits per heavy atom. The minimum atomic E-state index is -0.523. The Bertz CT molecular complexity index is 349. The van der Waals surface area contributed by atoms with Gasteiger partial charge in [-0.25, -0.2) is 14.1 Å². The minimum absolute atomic E-state index is 0.262. The van der Waals surface area contributed by atoms with Gasteiger partial charge >= 0.3 is 0 Å². The summed E-state index contributed by atoms with van der Waals surface area (Å²) in [5.41, 5.74) is 0.571. The molecule has 1 fully saturated rings. The molecule has 1 aliphatic rings. The Hall–Kier alpha value is -1.00. The minimum Gasteiger partial charge on any atom is -0.314 e. The Labute approximate surface area is 94.0 Å². The van der Waals surface area contributed by atoms with Crippen LogP contribution in [-0.4, -0.2) is 25.7 Å². The predicted octanol–water partition coefficient (Wildman–Crippen LogP) is 1.47. The lowest BCUT2D eigenvalue weighted by molar-refractivity contribution is 0.390. The van der Waals surface area contributed by atoms with Crippen molar-refractivity contribution in [2.75, 3.05) is 19.6 Å². The zero-order valence-corrected chi connectivity index (χ0v) is 9.05. The average molecular weight is 225 g/mol. The van der Waals surface area contributed by atoms with Gasteiger partial charge in [0.1, 0.15) is 11.6 Å². The van der Waals surface area contributed by atoms with E-state index in [1.807, 2.05) is 0 Å². The van der Waals surface area contributed by atoms with E-state index in [1.165, 1.54) is 12.1 Å². The van der Waals surface area contributed by atoms with Crippen LogP contribution in [0, 0.1) is 11.6 Å². The molecule has 1 N–H and O–H groups in total. The summed E-state index contributed by atoms with van der Waals surface area (Å²) in [6.07, 6.45) is 1.43. The van der Waals surface area contributed by atoms with Gasteiger partial charge in [-0.1, -0.05) is 6.07 Å². The Kier molecular flexibility index (Phi) is 3.85. The van der Waals surface area contributed by atoms with Gasteiger partial charge in [-0.15, -0.1) is 0 Å². The second kappa shape index (κ2) is 5.37. The maximum Gasteiger partial charge on any atom is 0.129 e. The fourth-order valence-corrected chi connectivity index (χ4v) is 1.90. The van der Waals surface area contributed by atoms with Crippen molar-refractivity contribution in [3.05, 3.63) is 35.4 Å². The average Bonchev–Trinajstić information content (AvgIpc) is 2.29. The zero-order valence-electron chi connectivity index (χ0n) is 9.05. The first-order chi connectivity index (χ1) is 7.75. The normalized spacial score (nSPS) is 21.0. The molecular formula is C12H15F2N2. The van der Waals surface area contributed by atoms with Crippen LogP contribution in [-0.2, 0) is 6.42 Å². The second-order valence-corrected chi connectivity index (χ2v) is 4.04. The van der Waals surface area contributed by atoms with Crippen molar-refractivity contribution in [3.63, 3.8) is 0 Å². The summed E-state index contributed by atoms with van der Waals surface area (Å²) in [5, 5.41) is 7.68. The molecule has 2 nitrogen and oxygen atoms in total. The van der Waals surface area contributed by atoms with Crippen LogP contribution >= 0.6 is 0 Å². The SMILES string of the molecule is Fc1ccc(CCC2CNCC[N]2)c(F)c1. The molecule has 1 radical (unpaired) electrons. The highest BCUT2D eigenvalue weighted by molar-refractivity contribution is 5.18. The molecule has 1 atom stereocenters. The number of hydrogen-bond acceptors (Lipinski definition) is 1. The van der Waals surface area contributed by atoms with Gasteiger partial charge in [-0.2, -0.15) is 0 Å². The van der Waals surface area contributed by atoms with E-state index in [1.54, 1.807) is 0 Å². The monoisotopic (exact) mass is 225 g/mol. The molecule has 0 bridgehead atoms. The highest BCUT2D eigenvalue weighted by atomic mass is 19.1. The first-order valence-corrected chi connectivity index (χ1v) is 5.57. The van der Waals surface area contributed by atoms with Crippen LogP contribution in [0.5, 0.6) is 0 Å². The van der Waals surface area contributed by atoms with Gasteiger partial charge in [0.25, 0.3) is 0 Å². The van der Waals surface area contributed by atoms with E-state index >= 15 is 0 Å². The molecule has 16 heavy (non-hydrogen) atoms. The van der Waals surface area contributed by atoms with E-state index in [2.05, 4.69) is 10.6 Å². The molecule has 1 aromatic carbocycles. The molecule has 1 saturated heterocycles. The van der Waals surface area contributed by atoms with Gasteiger partial charge in [-0.05, 0) is 24.5 Å². The highest BCUT2D eigenvalue weighted by Gasteiger charge is 2.14. The van der Waals surface area contributed by atoms with Gasteiger partial charge < -0.3 is 5.32 Å². The fourth-order valence-electron chi connectivity index (χ4n) is 1.90. The van der Waals surface area contributed by atoms with Crippen molar-refractivity contribution < 1.29 is 8.78 Å². The molecule has 0 aliphatic carbocycles. The largest absolute Gasteiger partial charge is 0.314 e. The van der Waals surface area contributed by atoms with Gasteiger partial charge in [-0.3, -0.25) is 0 Å². The molecule has 0 aromatic heterocycles. The standard InChI is InChI=1S/C12H15F2N2/c13-10-3-1-9(12(14)7-10)2-4-11-8-15-5-6-16-11/h1,3,7,11,15H,2,4-6,8H2. The third kappa shape index (κ3) is 3.00. The molecular weight excluding hydrogens is 210 g/mol. The highest BCUT2D eigenvalue weighted by Crippen LogP contribution is 2.13. The lowest BCUT2D eigenvalue weighted by Gasteiger charge is -2.22. The van der Waals surface area contributed by atoms with Crippen LogP contribution in [0.4, 0.5) is 8.78 Å². The number of aryl methyl sites for hydroxylation is 1. The number of rotatable bonds is 3. The summed E-state index contributed by atoms with van der Waals surface area (Å²) in [6, 6.07) is 4.01. The fraction of sp³-hybridized carbons (Fsp3) is 0.500. The molecule has 4 heteroatoms. The quantitative estimate of drug-likeness (QED) is 0.828. The molecule has 87 valence electrons. The summed E-state index contributed by atoms with van der Waals surface area (Å²) in [4.78, 5) is 0. The Balaban J connectivity index is 1.88. The Morgan fingerprint density at radius 1 is 1.38 bits per heavy atom. The van der Waals surface area contributed by atoms with E-state index < -0.39 is 11.6 Å². The summed E-state index contributed by atoms with van der Waals surface area (Å²) in [6.45, 7) is 2.63. The number of benzene rings is 1. The van der Waals surface area contributed by atoms with E-state index in [-0.39, 0.29) is 6.04 Å². The van der Waals surface area contributed by atoms with Crippen molar-refractivity contribution in [2.45, 2.75) is 18.9 Å². The third-order valence-corrected chi connectivity index (χ3v) is 2.82. The van der Waals surface area contributed by atoms with Gasteiger partial charge in [0.05, 0.1) is 0 Å². The first-order valence-electron chi connectivity index (χ1n) is 5.57. The number of nitrogens with zero attached hydrogens (tertiary/aromatic N) is 1. The molecule has 1 aromatic rings. The summed E-state index contributed by atoms with van der Waals surface area (Å²) in [7, 11) is 0. The molecule has 0 spiro atoms. The number of piperazine rings is 1. The van der Waals surface area contributed by atoms with Gasteiger partial charge in [0.15, 0.2) is 0 Å². The van der Waals surface area contributed by atoms with Crippen molar-refractivity contribution >= 4 is 0 Å². The van der Waals surface area contributed by atoms with Gasteiger partial charge in [0.2, 0.25) is 0 Å². The van der Waals surface area contributed by atoms with Crippen LogP contribution in [0.15, 0.2) is 18.2 Å². The lowest BCUT2D eigenvalue weighted by atomic mass is 10.0. The lowest BCUT2D eigenvalue weighted by Crippen LogP contribution is -2.44. The van der Waals surface area contributed by atoms with E-state index in [9.17, 15) is 8.78 Å². The number of halogens is 2. The third-order valence-electron chi connectivity index (χ3n) is 2.82. The molecule has 1 unspecified atom stereocenters. The second-order valence-electron chi connectivity index (χ2n) is 4.04. The van der Waals surface area contributed by atoms with Crippen LogP contribution in [0.3, 0.4) is 0 Å². The molecule has 2 rings (SSSR count). The van der Waals surface area contributed by atoms with Crippen LogP contribution < -0.4 is 10.6 Å². The Morgan fingerprint density at radius 3 is 2.94 bits per heavy atom. The summed E-state index contributed by atoms with van der Waals surface area (Å²) >= 11 is 0. The van der Waals surface area contributed by atoms with Crippen molar-refractivity contribution in [1.29, 1.82) is 0 Å². The number of nitrogens with one attached hydrogen (secondary N) is 1. The van der Waals surface area contributed by atoms with Gasteiger partial charge in [0, 0.05) is 31.7 Å². The smallest absolute Gasteiger partial charge is 0.129 e. The predicted molar refractivity (Wildman–Crippen MR) is 58.3 cm³/mol. The summed E-state index contributed by atoms with van der Waals surface area (Å²) < 4.78 is 26.0. The molecule has 1 aliphatic heterocycles. The van der Waals surface area contributed by atoms with Crippen molar-refractivity contribution in [3.8, 4) is 0 Å². The van der Waals surface area contributed by atoms with Crippen LogP contribution in [0.2, 0.25) is 0 Å². The van der Waals surface area contributed by atoms with Crippen molar-refractivity contribution in [1.82, 2.24) is 10.6 Å².